The number of benzene rings is 1. The third-order valence-corrected chi connectivity index (χ3v) is 3.01. The van der Waals surface area contributed by atoms with Crippen molar-refractivity contribution < 1.29 is 9.18 Å². The molecule has 0 bridgehead atoms. The Kier molecular flexibility index (Phi) is 2.65. The summed E-state index contributed by atoms with van der Waals surface area (Å²) in [6.45, 7) is 1.90. The van der Waals surface area contributed by atoms with Crippen LogP contribution >= 0.6 is 15.9 Å². The van der Waals surface area contributed by atoms with E-state index in [0.29, 0.717) is 16.6 Å². The lowest BCUT2D eigenvalue weighted by Gasteiger charge is -2.26. The lowest BCUT2D eigenvalue weighted by molar-refractivity contribution is -0.117. The average Bonchev–Trinajstić information content (AvgIpc) is 2.24. The zero-order valence-corrected chi connectivity index (χ0v) is 9.69. The smallest absolute Gasteiger partial charge is 0.246 e. The van der Waals surface area contributed by atoms with E-state index in [0.717, 1.165) is 0 Å². The monoisotopic (exact) mass is 272 g/mol. The molecule has 1 heterocycles. The first-order valence-electron chi connectivity index (χ1n) is 4.69. The number of hydrogen-bond donors (Lipinski definition) is 2. The van der Waals surface area contributed by atoms with Crippen LogP contribution in [0.3, 0.4) is 0 Å². The molecule has 0 aliphatic carbocycles. The highest BCUT2D eigenvalue weighted by molar-refractivity contribution is 9.10. The topological polar surface area (TPSA) is 41.1 Å². The summed E-state index contributed by atoms with van der Waals surface area (Å²) in [6, 6.07) is 3.08. The number of anilines is 2. The van der Waals surface area contributed by atoms with Gasteiger partial charge in [0.05, 0.1) is 10.2 Å². The van der Waals surface area contributed by atoms with Crippen molar-refractivity contribution in [2.75, 3.05) is 10.6 Å². The maximum absolute atomic E-state index is 13.6. The van der Waals surface area contributed by atoms with Gasteiger partial charge in [0.2, 0.25) is 5.91 Å². The quantitative estimate of drug-likeness (QED) is 0.826. The first-order valence-corrected chi connectivity index (χ1v) is 5.48. The molecule has 1 amide bonds. The van der Waals surface area contributed by atoms with Crippen molar-refractivity contribution in [3.63, 3.8) is 0 Å². The molecule has 1 atom stereocenters. The van der Waals surface area contributed by atoms with Crippen molar-refractivity contribution in [1.82, 2.24) is 0 Å². The van der Waals surface area contributed by atoms with E-state index in [1.807, 2.05) is 6.92 Å². The first kappa shape index (κ1) is 10.4. The Hall–Kier alpha value is -1.10. The van der Waals surface area contributed by atoms with Crippen molar-refractivity contribution >= 4 is 33.2 Å². The highest BCUT2D eigenvalue weighted by Crippen LogP contribution is 2.33. The van der Waals surface area contributed by atoms with Gasteiger partial charge in [-0.15, -0.1) is 0 Å². The van der Waals surface area contributed by atoms with Gasteiger partial charge in [-0.05, 0) is 34.5 Å². The van der Waals surface area contributed by atoms with Gasteiger partial charge < -0.3 is 10.6 Å². The molecule has 2 rings (SSSR count). The van der Waals surface area contributed by atoms with Gasteiger partial charge in [0.25, 0.3) is 0 Å². The van der Waals surface area contributed by atoms with Crippen LogP contribution in [0, 0.1) is 5.82 Å². The summed E-state index contributed by atoms with van der Waals surface area (Å²) in [5.74, 6) is -0.634. The maximum Gasteiger partial charge on any atom is 0.246 e. The van der Waals surface area contributed by atoms with E-state index in [4.69, 9.17) is 0 Å². The van der Waals surface area contributed by atoms with Crippen molar-refractivity contribution in [2.24, 2.45) is 0 Å². The number of carbonyl (C=O) groups is 1. The molecule has 1 unspecified atom stereocenters. The Morgan fingerprint density at radius 3 is 2.93 bits per heavy atom. The molecule has 15 heavy (non-hydrogen) atoms. The summed E-state index contributed by atoms with van der Waals surface area (Å²) >= 11 is 3.07. The molecule has 0 saturated carbocycles. The average molecular weight is 273 g/mol. The van der Waals surface area contributed by atoms with Crippen LogP contribution in [0.4, 0.5) is 15.8 Å². The summed E-state index contributed by atoms with van der Waals surface area (Å²) in [7, 11) is 0. The number of carbonyl (C=O) groups excluding carboxylic acids is 1. The normalized spacial score (nSPS) is 19.1. The van der Waals surface area contributed by atoms with Crippen LogP contribution in [0.1, 0.15) is 13.3 Å². The minimum absolute atomic E-state index is 0.193. The lowest BCUT2D eigenvalue weighted by Crippen LogP contribution is -2.38. The number of nitrogens with one attached hydrogen (secondary N) is 2. The van der Waals surface area contributed by atoms with Gasteiger partial charge in [0.15, 0.2) is 5.82 Å². The second-order valence-corrected chi connectivity index (χ2v) is 4.23. The first-order chi connectivity index (χ1) is 7.13. The molecule has 2 N–H and O–H groups in total. The van der Waals surface area contributed by atoms with Gasteiger partial charge in [-0.2, -0.15) is 0 Å². The summed E-state index contributed by atoms with van der Waals surface area (Å²) in [4.78, 5) is 11.5. The van der Waals surface area contributed by atoms with E-state index in [1.165, 1.54) is 0 Å². The van der Waals surface area contributed by atoms with Crippen LogP contribution in [0.5, 0.6) is 0 Å². The number of rotatable bonds is 1. The molecule has 0 spiro atoms. The fourth-order valence-electron chi connectivity index (χ4n) is 1.54. The Bertz CT molecular complexity index is 422. The third-order valence-electron chi connectivity index (χ3n) is 2.40. The fraction of sp³-hybridized carbons (Fsp3) is 0.300. The van der Waals surface area contributed by atoms with Crippen molar-refractivity contribution in [3.8, 4) is 0 Å². The largest absolute Gasteiger partial charge is 0.372 e. The van der Waals surface area contributed by atoms with Gasteiger partial charge in [0, 0.05) is 0 Å². The van der Waals surface area contributed by atoms with E-state index in [1.54, 1.807) is 12.1 Å². The fourth-order valence-corrected chi connectivity index (χ4v) is 1.87. The molecular formula is C10H10BrFN2O. The summed E-state index contributed by atoms with van der Waals surface area (Å²) in [5.41, 5.74) is 0.848. The number of hydrogen-bond acceptors (Lipinski definition) is 2. The van der Waals surface area contributed by atoms with Crippen LogP contribution in [0.25, 0.3) is 0 Å². The highest BCUT2D eigenvalue weighted by Gasteiger charge is 2.26. The number of amides is 1. The second-order valence-electron chi connectivity index (χ2n) is 3.38. The number of fused-ring (bicyclic) bond motifs is 1. The SMILES string of the molecule is CCC1Nc2ccc(Br)c(F)c2NC1=O. The van der Waals surface area contributed by atoms with Crippen molar-refractivity contribution in [1.29, 1.82) is 0 Å². The Morgan fingerprint density at radius 1 is 1.53 bits per heavy atom. The molecule has 3 nitrogen and oxygen atoms in total. The van der Waals surface area contributed by atoms with Gasteiger partial charge >= 0.3 is 0 Å². The molecular weight excluding hydrogens is 263 g/mol. The molecule has 5 heteroatoms. The molecule has 80 valence electrons. The molecule has 1 aromatic carbocycles. The molecule has 0 aromatic heterocycles. The van der Waals surface area contributed by atoms with Crippen LogP contribution in [-0.4, -0.2) is 11.9 Å². The zero-order chi connectivity index (χ0) is 11.0. The van der Waals surface area contributed by atoms with E-state index < -0.39 is 5.82 Å². The predicted molar refractivity (Wildman–Crippen MR) is 60.4 cm³/mol. The Morgan fingerprint density at radius 2 is 2.27 bits per heavy atom. The Labute approximate surface area is 95.2 Å². The minimum Gasteiger partial charge on any atom is -0.372 e. The van der Waals surface area contributed by atoms with Crippen LogP contribution in [-0.2, 0) is 4.79 Å². The van der Waals surface area contributed by atoms with Crippen molar-refractivity contribution in [3.05, 3.63) is 22.4 Å². The number of halogens is 2. The summed E-state index contributed by atoms with van der Waals surface area (Å²) < 4.78 is 13.9. The van der Waals surface area contributed by atoms with Crippen LogP contribution < -0.4 is 10.6 Å². The molecule has 1 aliphatic rings. The van der Waals surface area contributed by atoms with Gasteiger partial charge in [-0.25, -0.2) is 4.39 Å². The maximum atomic E-state index is 13.6. The van der Waals surface area contributed by atoms with Gasteiger partial charge in [0.1, 0.15) is 11.7 Å². The Balaban J connectivity index is 2.45. The molecule has 1 aromatic rings. The van der Waals surface area contributed by atoms with E-state index in [9.17, 15) is 9.18 Å². The third kappa shape index (κ3) is 1.71. The zero-order valence-electron chi connectivity index (χ0n) is 8.10. The van der Waals surface area contributed by atoms with Gasteiger partial charge in [-0.3, -0.25) is 4.79 Å². The van der Waals surface area contributed by atoms with E-state index >= 15 is 0 Å². The molecule has 0 fully saturated rings. The van der Waals surface area contributed by atoms with Gasteiger partial charge in [-0.1, -0.05) is 6.92 Å². The summed E-state index contributed by atoms with van der Waals surface area (Å²) in [5, 5.41) is 5.56. The minimum atomic E-state index is -0.442. The highest BCUT2D eigenvalue weighted by atomic mass is 79.9. The van der Waals surface area contributed by atoms with Crippen molar-refractivity contribution in [2.45, 2.75) is 19.4 Å². The molecule has 0 saturated heterocycles. The lowest BCUT2D eigenvalue weighted by atomic mass is 10.1. The van der Waals surface area contributed by atoms with E-state index in [-0.39, 0.29) is 17.6 Å². The standard InChI is InChI=1S/C10H10BrFN2O/c1-2-6-10(15)14-9-7(13-6)4-3-5(11)8(9)12/h3-4,6,13H,2H2,1H3,(H,14,15). The summed E-state index contributed by atoms with van der Waals surface area (Å²) in [6.07, 6.45) is 0.670. The predicted octanol–water partition coefficient (Wildman–Crippen LogP) is 2.73. The van der Waals surface area contributed by atoms with Crippen LogP contribution in [0.15, 0.2) is 16.6 Å². The van der Waals surface area contributed by atoms with Crippen LogP contribution in [0.2, 0.25) is 0 Å². The molecule has 1 aliphatic heterocycles. The molecule has 0 radical (unpaired) electrons. The van der Waals surface area contributed by atoms with E-state index in [2.05, 4.69) is 26.6 Å². The second kappa shape index (κ2) is 3.81.